The number of rotatable bonds is 4. The lowest BCUT2D eigenvalue weighted by molar-refractivity contribution is 0.0725. The van der Waals surface area contributed by atoms with Gasteiger partial charge in [0.15, 0.2) is 11.6 Å². The summed E-state index contributed by atoms with van der Waals surface area (Å²) in [6.45, 7) is 0. The monoisotopic (exact) mass is 516 g/mol. The third-order valence-corrected chi connectivity index (χ3v) is 7.61. The zero-order chi connectivity index (χ0) is 27.0. The highest BCUT2D eigenvalue weighted by Crippen LogP contribution is 2.51. The molecule has 0 heterocycles. The fraction of sp³-hybridized carbons (Fsp3) is 0.152. The van der Waals surface area contributed by atoms with Crippen LogP contribution in [0.1, 0.15) is 78.2 Å². The zero-order valence-corrected chi connectivity index (χ0v) is 21.0. The Hall–Kier alpha value is -4.84. The van der Waals surface area contributed by atoms with Crippen molar-refractivity contribution >= 4 is 23.5 Å². The maximum atomic E-state index is 13.0. The molecular formula is C33H24O6. The van der Waals surface area contributed by atoms with Crippen molar-refractivity contribution in [3.8, 4) is 11.5 Å². The van der Waals surface area contributed by atoms with E-state index in [9.17, 15) is 19.2 Å². The highest BCUT2D eigenvalue weighted by molar-refractivity contribution is 6.03. The second-order valence-corrected chi connectivity index (χ2v) is 9.85. The van der Waals surface area contributed by atoms with Gasteiger partial charge in [0.1, 0.15) is 11.5 Å². The number of esters is 2. The fourth-order valence-corrected chi connectivity index (χ4v) is 5.66. The normalized spacial score (nSPS) is 15.3. The zero-order valence-electron chi connectivity index (χ0n) is 21.0. The van der Waals surface area contributed by atoms with E-state index in [-0.39, 0.29) is 11.6 Å². The molecule has 2 aliphatic rings. The van der Waals surface area contributed by atoms with Gasteiger partial charge < -0.3 is 9.47 Å². The Morgan fingerprint density at radius 2 is 0.974 bits per heavy atom. The number of ether oxygens (including phenoxy) is 2. The summed E-state index contributed by atoms with van der Waals surface area (Å²) in [6.07, 6.45) is 1.62. The highest BCUT2D eigenvalue weighted by Gasteiger charge is 2.46. The van der Waals surface area contributed by atoms with Gasteiger partial charge in [-0.2, -0.15) is 0 Å². The van der Waals surface area contributed by atoms with Crippen LogP contribution in [0.3, 0.4) is 0 Å². The number of benzene rings is 4. The van der Waals surface area contributed by atoms with E-state index in [1.807, 2.05) is 12.1 Å². The predicted molar refractivity (Wildman–Crippen MR) is 144 cm³/mol. The van der Waals surface area contributed by atoms with Crippen molar-refractivity contribution in [3.05, 3.63) is 130 Å². The quantitative estimate of drug-likeness (QED) is 0.232. The van der Waals surface area contributed by atoms with Crippen molar-refractivity contribution in [2.24, 2.45) is 0 Å². The van der Waals surface area contributed by atoms with Crippen molar-refractivity contribution in [2.75, 3.05) is 0 Å². The number of Topliss-reactive ketones (excluding diaryl/α,β-unsaturated/α-hetero) is 2. The van der Waals surface area contributed by atoms with Crippen LogP contribution in [0.15, 0.2) is 97.1 Å². The summed E-state index contributed by atoms with van der Waals surface area (Å²) in [5.41, 5.74) is 2.70. The van der Waals surface area contributed by atoms with E-state index < -0.39 is 17.4 Å². The molecule has 192 valence electrons. The number of carbonyl (C=O) groups excluding carboxylic acids is 4. The molecular weight excluding hydrogens is 492 g/mol. The summed E-state index contributed by atoms with van der Waals surface area (Å²) in [5.74, 6) is -0.353. The standard InChI is InChI=1S/C33H24O6/c34-29-15-17-33(27-19-23(11-13-25(27)29)38-31(36)21-7-3-1-4-8-21)18-16-30(35)26-14-12-24(20-28(26)33)39-32(37)22-9-5-2-6-10-22/h1-14,19-20H,15-18H2. The smallest absolute Gasteiger partial charge is 0.343 e. The van der Waals surface area contributed by atoms with Gasteiger partial charge in [0.2, 0.25) is 0 Å². The third kappa shape index (κ3) is 4.44. The van der Waals surface area contributed by atoms with E-state index in [2.05, 4.69) is 0 Å². The third-order valence-electron chi connectivity index (χ3n) is 7.61. The Bertz CT molecular complexity index is 1500. The molecule has 4 aromatic rings. The van der Waals surface area contributed by atoms with Crippen LogP contribution in [0.25, 0.3) is 0 Å². The molecule has 4 aromatic carbocycles. The van der Waals surface area contributed by atoms with E-state index in [0.29, 0.717) is 59.4 Å². The average Bonchev–Trinajstić information content (AvgIpc) is 2.97. The summed E-state index contributed by atoms with van der Waals surface area (Å²) in [5, 5.41) is 0. The molecule has 1 spiro atoms. The second kappa shape index (κ2) is 9.80. The lowest BCUT2D eigenvalue weighted by atomic mass is 9.59. The van der Waals surface area contributed by atoms with E-state index in [4.69, 9.17) is 9.47 Å². The Morgan fingerprint density at radius 3 is 1.38 bits per heavy atom. The van der Waals surface area contributed by atoms with Crippen LogP contribution >= 0.6 is 0 Å². The average molecular weight is 517 g/mol. The van der Waals surface area contributed by atoms with Gasteiger partial charge in [-0.1, -0.05) is 36.4 Å². The van der Waals surface area contributed by atoms with Crippen molar-refractivity contribution in [3.63, 3.8) is 0 Å². The Morgan fingerprint density at radius 1 is 0.564 bits per heavy atom. The summed E-state index contributed by atoms with van der Waals surface area (Å²) >= 11 is 0. The van der Waals surface area contributed by atoms with Gasteiger partial charge in [-0.05, 0) is 84.6 Å². The minimum atomic E-state index is -0.670. The first-order valence-electron chi connectivity index (χ1n) is 12.8. The number of fused-ring (bicyclic) bond motifs is 4. The Kier molecular flexibility index (Phi) is 6.15. The second-order valence-electron chi connectivity index (χ2n) is 9.85. The van der Waals surface area contributed by atoms with E-state index in [1.54, 1.807) is 84.9 Å². The predicted octanol–water partition coefficient (Wildman–Crippen LogP) is 6.36. The van der Waals surface area contributed by atoms with Gasteiger partial charge >= 0.3 is 11.9 Å². The minimum absolute atomic E-state index is 0.00155. The van der Waals surface area contributed by atoms with Crippen LogP contribution in [0.5, 0.6) is 11.5 Å². The van der Waals surface area contributed by atoms with Crippen LogP contribution in [0.2, 0.25) is 0 Å². The molecule has 0 N–H and O–H groups in total. The topological polar surface area (TPSA) is 86.7 Å². The first-order valence-corrected chi connectivity index (χ1v) is 12.8. The van der Waals surface area contributed by atoms with Gasteiger partial charge in [0.05, 0.1) is 11.1 Å². The van der Waals surface area contributed by atoms with Crippen molar-refractivity contribution in [1.82, 2.24) is 0 Å². The molecule has 0 saturated carbocycles. The van der Waals surface area contributed by atoms with Crippen LogP contribution in [-0.2, 0) is 5.41 Å². The number of hydrogen-bond donors (Lipinski definition) is 0. The number of ketones is 2. The molecule has 0 aromatic heterocycles. The van der Waals surface area contributed by atoms with Gasteiger partial charge in [-0.15, -0.1) is 0 Å². The molecule has 6 rings (SSSR count). The van der Waals surface area contributed by atoms with E-state index >= 15 is 0 Å². The molecule has 6 nitrogen and oxygen atoms in total. The van der Waals surface area contributed by atoms with Crippen molar-refractivity contribution in [1.29, 1.82) is 0 Å². The van der Waals surface area contributed by atoms with Crippen molar-refractivity contribution < 1.29 is 28.7 Å². The molecule has 0 unspecified atom stereocenters. The lowest BCUT2D eigenvalue weighted by Gasteiger charge is -2.43. The maximum absolute atomic E-state index is 13.0. The maximum Gasteiger partial charge on any atom is 0.343 e. The number of carbonyl (C=O) groups is 4. The summed E-state index contributed by atoms with van der Waals surface area (Å²) < 4.78 is 11.4. The Balaban J connectivity index is 1.41. The fourth-order valence-electron chi connectivity index (χ4n) is 5.66. The van der Waals surface area contributed by atoms with Crippen LogP contribution in [0.4, 0.5) is 0 Å². The first kappa shape index (κ1) is 24.5. The molecule has 39 heavy (non-hydrogen) atoms. The molecule has 0 saturated heterocycles. The minimum Gasteiger partial charge on any atom is -0.423 e. The molecule has 0 atom stereocenters. The SMILES string of the molecule is O=C(Oc1ccc2c(c1)C1(CCC2=O)CCC(=O)c2ccc(OC(=O)c3ccccc3)cc21)c1ccccc1. The summed E-state index contributed by atoms with van der Waals surface area (Å²) in [4.78, 5) is 51.4. The van der Waals surface area contributed by atoms with Gasteiger partial charge in [0, 0.05) is 29.4 Å². The summed E-state index contributed by atoms with van der Waals surface area (Å²) in [7, 11) is 0. The molecule has 0 amide bonds. The van der Waals surface area contributed by atoms with Crippen molar-refractivity contribution in [2.45, 2.75) is 31.1 Å². The first-order chi connectivity index (χ1) is 18.9. The molecule has 0 bridgehead atoms. The molecule has 0 fully saturated rings. The molecule has 6 heteroatoms. The number of hydrogen-bond acceptors (Lipinski definition) is 6. The lowest BCUT2D eigenvalue weighted by Crippen LogP contribution is -2.39. The molecule has 2 aliphatic carbocycles. The van der Waals surface area contributed by atoms with Crippen LogP contribution in [0, 0.1) is 0 Å². The largest absolute Gasteiger partial charge is 0.423 e. The molecule has 0 aliphatic heterocycles. The summed E-state index contributed by atoms with van der Waals surface area (Å²) in [6, 6.07) is 27.5. The van der Waals surface area contributed by atoms with E-state index in [1.165, 1.54) is 0 Å². The van der Waals surface area contributed by atoms with E-state index in [0.717, 1.165) is 11.1 Å². The van der Waals surface area contributed by atoms with Gasteiger partial charge in [-0.25, -0.2) is 9.59 Å². The highest BCUT2D eigenvalue weighted by atomic mass is 16.5. The van der Waals surface area contributed by atoms with Crippen LogP contribution in [-0.4, -0.2) is 23.5 Å². The van der Waals surface area contributed by atoms with Gasteiger partial charge in [-0.3, -0.25) is 9.59 Å². The molecule has 0 radical (unpaired) electrons. The Labute approximate surface area is 225 Å². The van der Waals surface area contributed by atoms with Crippen LogP contribution < -0.4 is 9.47 Å². The van der Waals surface area contributed by atoms with Gasteiger partial charge in [0.25, 0.3) is 0 Å².